The first-order chi connectivity index (χ1) is 9.94. The minimum absolute atomic E-state index is 0.0705. The van der Waals surface area contributed by atoms with Crippen molar-refractivity contribution in [2.45, 2.75) is 51.4 Å². The van der Waals surface area contributed by atoms with Crippen LogP contribution >= 0.6 is 0 Å². The average Bonchev–Trinajstić information content (AvgIpc) is 2.42. The van der Waals surface area contributed by atoms with E-state index in [1.807, 2.05) is 31.2 Å². The zero-order chi connectivity index (χ0) is 15.3. The van der Waals surface area contributed by atoms with Crippen molar-refractivity contribution < 1.29 is 14.6 Å². The molecule has 1 aliphatic rings. The van der Waals surface area contributed by atoms with E-state index in [-0.39, 0.29) is 5.60 Å². The first kappa shape index (κ1) is 16.3. The Bertz CT molecular complexity index is 447. The van der Waals surface area contributed by atoms with Crippen molar-refractivity contribution in [1.29, 1.82) is 0 Å². The summed E-state index contributed by atoms with van der Waals surface area (Å²) in [6.45, 7) is 7.88. The van der Waals surface area contributed by atoms with Gasteiger partial charge in [-0.2, -0.15) is 0 Å². The summed E-state index contributed by atoms with van der Waals surface area (Å²) >= 11 is 0. The van der Waals surface area contributed by atoms with Crippen LogP contribution in [0.2, 0.25) is 0 Å². The van der Waals surface area contributed by atoms with Crippen LogP contribution in [0.5, 0.6) is 5.75 Å². The van der Waals surface area contributed by atoms with Gasteiger partial charge < -0.3 is 19.9 Å². The molecule has 0 radical (unpaired) electrons. The predicted octanol–water partition coefficient (Wildman–Crippen LogP) is 2.28. The largest absolute Gasteiger partial charge is 0.491 e. The highest BCUT2D eigenvalue weighted by atomic mass is 16.5. The van der Waals surface area contributed by atoms with Crippen molar-refractivity contribution in [3.63, 3.8) is 0 Å². The van der Waals surface area contributed by atoms with E-state index in [1.54, 1.807) is 0 Å². The van der Waals surface area contributed by atoms with Gasteiger partial charge in [-0.1, -0.05) is 12.1 Å². The maximum atomic E-state index is 10.0. The van der Waals surface area contributed by atoms with E-state index in [4.69, 9.17) is 9.47 Å². The molecular formula is C17H27NO3. The third kappa shape index (κ3) is 5.65. The Morgan fingerprint density at radius 3 is 3.00 bits per heavy atom. The number of benzene rings is 1. The number of hydrogen-bond donors (Lipinski definition) is 2. The van der Waals surface area contributed by atoms with Crippen LogP contribution in [0.1, 0.15) is 32.3 Å². The molecule has 0 aliphatic carbocycles. The minimum Gasteiger partial charge on any atom is -0.491 e. The fraction of sp³-hybridized carbons (Fsp3) is 0.647. The van der Waals surface area contributed by atoms with E-state index in [0.29, 0.717) is 19.2 Å². The zero-order valence-electron chi connectivity index (χ0n) is 13.3. The van der Waals surface area contributed by atoms with E-state index in [1.165, 1.54) is 0 Å². The van der Waals surface area contributed by atoms with Gasteiger partial charge in [0, 0.05) is 19.2 Å². The molecule has 1 aromatic rings. The molecule has 0 bridgehead atoms. The van der Waals surface area contributed by atoms with Gasteiger partial charge in [-0.05, 0) is 51.3 Å². The summed E-state index contributed by atoms with van der Waals surface area (Å²) in [6, 6.07) is 8.27. The molecule has 0 amide bonds. The summed E-state index contributed by atoms with van der Waals surface area (Å²) in [5, 5.41) is 13.4. The smallest absolute Gasteiger partial charge is 0.119 e. The second-order valence-corrected chi connectivity index (χ2v) is 6.49. The molecule has 2 atom stereocenters. The predicted molar refractivity (Wildman–Crippen MR) is 83.7 cm³/mol. The van der Waals surface area contributed by atoms with E-state index in [9.17, 15) is 5.11 Å². The summed E-state index contributed by atoms with van der Waals surface area (Å²) in [5.74, 6) is 0.807. The first-order valence-corrected chi connectivity index (χ1v) is 7.69. The fourth-order valence-electron chi connectivity index (χ4n) is 2.67. The van der Waals surface area contributed by atoms with Crippen molar-refractivity contribution >= 4 is 0 Å². The van der Waals surface area contributed by atoms with E-state index in [0.717, 1.165) is 30.8 Å². The number of nitrogens with one attached hydrogen (secondary N) is 1. The van der Waals surface area contributed by atoms with Crippen molar-refractivity contribution in [3.8, 4) is 5.75 Å². The lowest BCUT2D eigenvalue weighted by atomic mass is 9.94. The maximum Gasteiger partial charge on any atom is 0.119 e. The number of rotatable bonds is 6. The lowest BCUT2D eigenvalue weighted by molar-refractivity contribution is -0.0641. The summed E-state index contributed by atoms with van der Waals surface area (Å²) in [5.41, 5.74) is 1.09. The summed E-state index contributed by atoms with van der Waals surface area (Å²) in [6.07, 6.45) is 1.46. The number of hydrogen-bond acceptors (Lipinski definition) is 4. The molecule has 1 saturated heterocycles. The van der Waals surface area contributed by atoms with Crippen LogP contribution in [0.4, 0.5) is 0 Å². The van der Waals surface area contributed by atoms with Crippen molar-refractivity contribution in [3.05, 3.63) is 29.8 Å². The van der Waals surface area contributed by atoms with Crippen LogP contribution in [-0.4, -0.2) is 42.6 Å². The molecule has 118 valence electrons. The van der Waals surface area contributed by atoms with Gasteiger partial charge in [-0.15, -0.1) is 0 Å². The highest BCUT2D eigenvalue weighted by Crippen LogP contribution is 2.23. The monoisotopic (exact) mass is 293 g/mol. The molecule has 1 aliphatic heterocycles. The third-order valence-electron chi connectivity index (χ3n) is 3.77. The lowest BCUT2D eigenvalue weighted by Crippen LogP contribution is -2.46. The number of aryl methyl sites for hydroxylation is 1. The molecule has 21 heavy (non-hydrogen) atoms. The Kier molecular flexibility index (Phi) is 5.62. The molecule has 0 spiro atoms. The van der Waals surface area contributed by atoms with Gasteiger partial charge in [0.15, 0.2) is 0 Å². The SMILES string of the molecule is Cc1cccc(OCC(O)CNC2CCOC(C)(C)C2)c1. The quantitative estimate of drug-likeness (QED) is 0.845. The van der Waals surface area contributed by atoms with Crippen LogP contribution in [0.25, 0.3) is 0 Å². The van der Waals surface area contributed by atoms with Gasteiger partial charge in [0.25, 0.3) is 0 Å². The van der Waals surface area contributed by atoms with Crippen LogP contribution < -0.4 is 10.1 Å². The van der Waals surface area contributed by atoms with Crippen molar-refractivity contribution in [2.24, 2.45) is 0 Å². The summed E-state index contributed by atoms with van der Waals surface area (Å²) in [4.78, 5) is 0. The Labute approximate surface area is 127 Å². The number of ether oxygens (including phenoxy) is 2. The standard InChI is InChI=1S/C17H27NO3/c1-13-5-4-6-16(9-13)20-12-15(19)11-18-14-7-8-21-17(2,3)10-14/h4-6,9,14-15,18-19H,7-8,10-12H2,1-3H3. The van der Waals surface area contributed by atoms with Gasteiger partial charge in [0.1, 0.15) is 18.5 Å². The van der Waals surface area contributed by atoms with Crippen LogP contribution in [0.3, 0.4) is 0 Å². The molecule has 2 rings (SSSR count). The van der Waals surface area contributed by atoms with E-state index >= 15 is 0 Å². The molecule has 1 fully saturated rings. The molecule has 2 N–H and O–H groups in total. The molecule has 1 heterocycles. The van der Waals surface area contributed by atoms with Crippen molar-refractivity contribution in [2.75, 3.05) is 19.8 Å². The second-order valence-electron chi connectivity index (χ2n) is 6.49. The first-order valence-electron chi connectivity index (χ1n) is 7.69. The topological polar surface area (TPSA) is 50.7 Å². The lowest BCUT2D eigenvalue weighted by Gasteiger charge is -2.36. The molecule has 2 unspecified atom stereocenters. The maximum absolute atomic E-state index is 10.0. The minimum atomic E-state index is -0.503. The van der Waals surface area contributed by atoms with Gasteiger partial charge >= 0.3 is 0 Å². The van der Waals surface area contributed by atoms with Gasteiger partial charge in [-0.3, -0.25) is 0 Å². The molecular weight excluding hydrogens is 266 g/mol. The van der Waals surface area contributed by atoms with Gasteiger partial charge in [0.05, 0.1) is 5.60 Å². The second kappa shape index (κ2) is 7.25. The summed E-state index contributed by atoms with van der Waals surface area (Å²) in [7, 11) is 0. The third-order valence-corrected chi connectivity index (χ3v) is 3.77. The normalized spacial score (nSPS) is 22.8. The van der Waals surface area contributed by atoms with Crippen LogP contribution in [0, 0.1) is 6.92 Å². The van der Waals surface area contributed by atoms with Crippen LogP contribution in [0.15, 0.2) is 24.3 Å². The van der Waals surface area contributed by atoms with Crippen LogP contribution in [-0.2, 0) is 4.74 Å². The zero-order valence-corrected chi connectivity index (χ0v) is 13.3. The highest BCUT2D eigenvalue weighted by Gasteiger charge is 2.28. The highest BCUT2D eigenvalue weighted by molar-refractivity contribution is 5.27. The van der Waals surface area contributed by atoms with E-state index < -0.39 is 6.10 Å². The Morgan fingerprint density at radius 2 is 2.29 bits per heavy atom. The Hall–Kier alpha value is -1.10. The molecule has 0 aromatic heterocycles. The van der Waals surface area contributed by atoms with Gasteiger partial charge in [0.2, 0.25) is 0 Å². The van der Waals surface area contributed by atoms with Gasteiger partial charge in [-0.25, -0.2) is 0 Å². The summed E-state index contributed by atoms with van der Waals surface area (Å²) < 4.78 is 11.3. The Balaban J connectivity index is 1.69. The van der Waals surface area contributed by atoms with E-state index in [2.05, 4.69) is 19.2 Å². The molecule has 0 saturated carbocycles. The molecule has 1 aromatic carbocycles. The number of aliphatic hydroxyl groups is 1. The fourth-order valence-corrected chi connectivity index (χ4v) is 2.67. The number of aliphatic hydroxyl groups excluding tert-OH is 1. The average molecular weight is 293 g/mol. The molecule has 4 nitrogen and oxygen atoms in total. The molecule has 4 heteroatoms. The van der Waals surface area contributed by atoms with Crippen molar-refractivity contribution in [1.82, 2.24) is 5.32 Å². The Morgan fingerprint density at radius 1 is 1.48 bits per heavy atom.